The summed E-state index contributed by atoms with van der Waals surface area (Å²) in [4.78, 5) is 0. The molecule has 6 nitrogen and oxygen atoms in total. The number of rotatable bonds is 6. The summed E-state index contributed by atoms with van der Waals surface area (Å²) in [6, 6.07) is 12.1. The minimum atomic E-state index is -0.273. The van der Waals surface area contributed by atoms with Crippen molar-refractivity contribution in [1.82, 2.24) is 19.6 Å². The van der Waals surface area contributed by atoms with E-state index in [1.54, 1.807) is 35.1 Å². The van der Waals surface area contributed by atoms with E-state index in [2.05, 4.69) is 36.8 Å². The molecule has 11 heteroatoms. The average molecular weight is 582 g/mol. The third-order valence-corrected chi connectivity index (χ3v) is 6.70. The number of nitrogens with one attached hydrogen (secondary N) is 2. The van der Waals surface area contributed by atoms with E-state index in [-0.39, 0.29) is 5.82 Å². The molecule has 34 heavy (non-hydrogen) atoms. The van der Waals surface area contributed by atoms with Crippen LogP contribution in [0.5, 0.6) is 0 Å². The third-order valence-electron chi connectivity index (χ3n) is 5.18. The minimum absolute atomic E-state index is 0.273. The molecule has 0 unspecified atom stereocenters. The first-order chi connectivity index (χ1) is 16.2. The zero-order valence-electron chi connectivity index (χ0n) is 18.2. The second kappa shape index (κ2) is 10.4. The Kier molecular flexibility index (Phi) is 7.57. The Bertz CT molecular complexity index is 1370. The Morgan fingerprint density at radius 2 is 1.82 bits per heavy atom. The van der Waals surface area contributed by atoms with Crippen LogP contribution in [0, 0.1) is 19.7 Å². The molecule has 0 aliphatic carbocycles. The van der Waals surface area contributed by atoms with Gasteiger partial charge in [0.25, 0.3) is 0 Å². The molecule has 2 heterocycles. The molecular weight excluding hydrogens is 562 g/mol. The van der Waals surface area contributed by atoms with Gasteiger partial charge >= 0.3 is 0 Å². The van der Waals surface area contributed by atoms with E-state index in [0.717, 1.165) is 22.6 Å². The molecule has 0 saturated carbocycles. The van der Waals surface area contributed by atoms with Crippen LogP contribution in [0.3, 0.4) is 0 Å². The van der Waals surface area contributed by atoms with E-state index in [9.17, 15) is 4.39 Å². The maximum absolute atomic E-state index is 14.0. The molecular formula is C23H20BrCl2FN6S. The lowest BCUT2D eigenvalue weighted by atomic mass is 10.2. The summed E-state index contributed by atoms with van der Waals surface area (Å²) in [5.74, 6) is 0.247. The Hall–Kier alpha value is -2.46. The predicted molar refractivity (Wildman–Crippen MR) is 143 cm³/mol. The van der Waals surface area contributed by atoms with Crippen LogP contribution in [-0.4, -0.2) is 24.7 Å². The maximum atomic E-state index is 14.0. The topological polar surface area (TPSA) is 59.7 Å². The Morgan fingerprint density at radius 3 is 2.56 bits per heavy atom. The van der Waals surface area contributed by atoms with E-state index >= 15 is 0 Å². The molecule has 2 N–H and O–H groups in total. The largest absolute Gasteiger partial charge is 0.329 e. The fraction of sp³-hybridized carbons (Fsp3) is 0.174. The van der Waals surface area contributed by atoms with Gasteiger partial charge in [-0.25, -0.2) is 4.39 Å². The highest BCUT2D eigenvalue weighted by Crippen LogP contribution is 2.26. The van der Waals surface area contributed by atoms with Gasteiger partial charge in [0.2, 0.25) is 0 Å². The number of aryl methyl sites for hydroxylation is 1. The number of thiocarbonyl (C=S) groups is 1. The van der Waals surface area contributed by atoms with Crippen molar-refractivity contribution in [3.63, 3.8) is 0 Å². The van der Waals surface area contributed by atoms with Crippen LogP contribution >= 0.6 is 51.3 Å². The molecule has 0 spiro atoms. The molecule has 2 aromatic heterocycles. The van der Waals surface area contributed by atoms with Crippen LogP contribution in [0.25, 0.3) is 0 Å². The van der Waals surface area contributed by atoms with Crippen LogP contribution in [0.1, 0.15) is 22.5 Å². The van der Waals surface area contributed by atoms with Crippen molar-refractivity contribution in [3.8, 4) is 0 Å². The summed E-state index contributed by atoms with van der Waals surface area (Å²) in [5, 5.41) is 16.8. The summed E-state index contributed by atoms with van der Waals surface area (Å²) in [6.07, 6.45) is 1.77. The lowest BCUT2D eigenvalue weighted by Crippen LogP contribution is -2.20. The SMILES string of the molecule is Cc1nn(Cc2ccc(Cl)c(Cl)c2)c(C)c1NC(=S)Nc1nn(Cc2ccccc2F)cc1Br. The van der Waals surface area contributed by atoms with Crippen LogP contribution in [-0.2, 0) is 13.1 Å². The molecule has 0 bridgehead atoms. The highest BCUT2D eigenvalue weighted by molar-refractivity contribution is 9.10. The molecule has 0 radical (unpaired) electrons. The van der Waals surface area contributed by atoms with Gasteiger partial charge in [0.05, 0.1) is 44.7 Å². The highest BCUT2D eigenvalue weighted by atomic mass is 79.9. The highest BCUT2D eigenvalue weighted by Gasteiger charge is 2.15. The third kappa shape index (κ3) is 5.60. The van der Waals surface area contributed by atoms with E-state index in [1.807, 2.05) is 30.7 Å². The zero-order valence-corrected chi connectivity index (χ0v) is 22.2. The summed E-state index contributed by atoms with van der Waals surface area (Å²) >= 11 is 21.1. The average Bonchev–Trinajstić information content (AvgIpc) is 3.25. The molecule has 0 aliphatic heterocycles. The van der Waals surface area contributed by atoms with Crippen molar-refractivity contribution in [2.24, 2.45) is 0 Å². The summed E-state index contributed by atoms with van der Waals surface area (Å²) in [5.41, 5.74) is 4.05. The van der Waals surface area contributed by atoms with Gasteiger partial charge in [0.1, 0.15) is 5.82 Å². The first kappa shape index (κ1) is 24.7. The van der Waals surface area contributed by atoms with Gasteiger partial charge < -0.3 is 10.6 Å². The van der Waals surface area contributed by atoms with Crippen LogP contribution in [0.15, 0.2) is 53.1 Å². The summed E-state index contributed by atoms with van der Waals surface area (Å²) < 4.78 is 18.2. The molecule has 0 aliphatic rings. The molecule has 0 atom stereocenters. The maximum Gasteiger partial charge on any atom is 0.176 e. The predicted octanol–water partition coefficient (Wildman–Crippen LogP) is 6.81. The van der Waals surface area contributed by atoms with Crippen molar-refractivity contribution in [2.75, 3.05) is 10.6 Å². The van der Waals surface area contributed by atoms with Gasteiger partial charge in [0.15, 0.2) is 10.9 Å². The second-order valence-electron chi connectivity index (χ2n) is 7.65. The number of hydrogen-bond acceptors (Lipinski definition) is 3. The van der Waals surface area contributed by atoms with Gasteiger partial charge in [-0.3, -0.25) is 9.36 Å². The van der Waals surface area contributed by atoms with Crippen LogP contribution < -0.4 is 10.6 Å². The van der Waals surface area contributed by atoms with Gasteiger partial charge in [0, 0.05) is 11.8 Å². The van der Waals surface area contributed by atoms with Crippen LogP contribution in [0.2, 0.25) is 10.0 Å². The molecule has 176 valence electrons. The van der Waals surface area contributed by atoms with E-state index in [1.165, 1.54) is 6.07 Å². The van der Waals surface area contributed by atoms with Crippen molar-refractivity contribution < 1.29 is 4.39 Å². The van der Waals surface area contributed by atoms with E-state index in [4.69, 9.17) is 35.4 Å². The van der Waals surface area contributed by atoms with Crippen molar-refractivity contribution in [3.05, 3.63) is 91.5 Å². The Balaban J connectivity index is 1.45. The normalized spacial score (nSPS) is 11.0. The fourth-order valence-electron chi connectivity index (χ4n) is 3.46. The second-order valence-corrected chi connectivity index (χ2v) is 9.72. The molecule has 0 amide bonds. The lowest BCUT2D eigenvalue weighted by molar-refractivity contribution is 0.586. The standard InChI is InChI=1S/C23H20BrCl2FN6S/c1-13-21(14(2)33(30-13)10-15-7-8-18(25)19(26)9-15)28-23(34)29-22-17(24)12-32(31-22)11-16-5-3-4-6-20(16)27/h3-9,12H,10-11H2,1-2H3,(H2,28,29,31,34). The zero-order chi connectivity index (χ0) is 24.4. The van der Waals surface area contributed by atoms with E-state index < -0.39 is 0 Å². The first-order valence-corrected chi connectivity index (χ1v) is 12.2. The van der Waals surface area contributed by atoms with Gasteiger partial charge in [-0.05, 0) is 65.8 Å². The minimum Gasteiger partial charge on any atom is -0.329 e. The Morgan fingerprint density at radius 1 is 1.06 bits per heavy atom. The molecule has 2 aromatic carbocycles. The van der Waals surface area contributed by atoms with Crippen molar-refractivity contribution in [2.45, 2.75) is 26.9 Å². The molecule has 4 rings (SSSR count). The number of hydrogen-bond donors (Lipinski definition) is 2. The number of aromatic nitrogens is 4. The fourth-order valence-corrected chi connectivity index (χ4v) is 4.39. The van der Waals surface area contributed by atoms with E-state index in [0.29, 0.717) is 44.1 Å². The first-order valence-electron chi connectivity index (χ1n) is 10.2. The molecule has 0 saturated heterocycles. The van der Waals surface area contributed by atoms with Crippen LogP contribution in [0.4, 0.5) is 15.9 Å². The lowest BCUT2D eigenvalue weighted by Gasteiger charge is -2.10. The summed E-state index contributed by atoms with van der Waals surface area (Å²) in [6.45, 7) is 4.70. The monoisotopic (exact) mass is 580 g/mol. The molecule has 4 aromatic rings. The van der Waals surface area contributed by atoms with Gasteiger partial charge in [-0.15, -0.1) is 0 Å². The quantitative estimate of drug-likeness (QED) is 0.245. The Labute approximate surface area is 220 Å². The number of halogens is 4. The number of anilines is 2. The van der Waals surface area contributed by atoms with Crippen molar-refractivity contribution in [1.29, 1.82) is 0 Å². The van der Waals surface area contributed by atoms with Crippen molar-refractivity contribution >= 4 is 68.0 Å². The smallest absolute Gasteiger partial charge is 0.176 e. The van der Waals surface area contributed by atoms with Gasteiger partial charge in [-0.1, -0.05) is 47.5 Å². The number of benzene rings is 2. The molecule has 0 fully saturated rings. The van der Waals surface area contributed by atoms with Gasteiger partial charge in [-0.2, -0.15) is 10.2 Å². The number of nitrogens with zero attached hydrogens (tertiary/aromatic N) is 4. The summed E-state index contributed by atoms with van der Waals surface area (Å²) in [7, 11) is 0.